The zero-order chi connectivity index (χ0) is 15.6. The Hall–Kier alpha value is -1.69. The molecule has 0 saturated carbocycles. The molecule has 6 heteroatoms. The lowest BCUT2D eigenvalue weighted by Gasteiger charge is -2.37. The molecule has 1 aliphatic heterocycles. The largest absolute Gasteiger partial charge is 0.368 e. The van der Waals surface area contributed by atoms with Gasteiger partial charge in [-0.1, -0.05) is 13.8 Å². The number of primary amides is 1. The number of hydrogen-bond donors (Lipinski definition) is 1. The maximum Gasteiger partial charge on any atom is 0.234 e. The average Bonchev–Trinajstić information content (AvgIpc) is 2.45. The molecule has 116 valence electrons. The van der Waals surface area contributed by atoms with Gasteiger partial charge in [-0.05, 0) is 13.8 Å². The Morgan fingerprint density at radius 1 is 1.19 bits per heavy atom. The minimum Gasteiger partial charge on any atom is -0.368 e. The van der Waals surface area contributed by atoms with Crippen molar-refractivity contribution >= 4 is 11.7 Å². The molecule has 2 heterocycles. The Kier molecular flexibility index (Phi) is 4.77. The van der Waals surface area contributed by atoms with Crippen LogP contribution in [0.25, 0.3) is 0 Å². The van der Waals surface area contributed by atoms with E-state index in [9.17, 15) is 4.79 Å². The topological polar surface area (TPSA) is 75.3 Å². The SMILES string of the molecule is Cc1cc(N2CCN(C(C)C(N)=O)CC2)nc(C(C)C)n1. The molecule has 0 bridgehead atoms. The number of nitrogens with zero attached hydrogens (tertiary/aromatic N) is 4. The average molecular weight is 291 g/mol. The second kappa shape index (κ2) is 6.39. The highest BCUT2D eigenvalue weighted by Gasteiger charge is 2.25. The Morgan fingerprint density at radius 2 is 1.81 bits per heavy atom. The highest BCUT2D eigenvalue weighted by atomic mass is 16.1. The lowest BCUT2D eigenvalue weighted by Crippen LogP contribution is -2.53. The van der Waals surface area contributed by atoms with Crippen molar-refractivity contribution in [2.75, 3.05) is 31.1 Å². The van der Waals surface area contributed by atoms with E-state index in [0.717, 1.165) is 43.5 Å². The molecular weight excluding hydrogens is 266 g/mol. The van der Waals surface area contributed by atoms with Crippen molar-refractivity contribution in [2.45, 2.75) is 39.7 Å². The Bertz CT molecular complexity index is 509. The van der Waals surface area contributed by atoms with Crippen LogP contribution < -0.4 is 10.6 Å². The standard InChI is InChI=1S/C15H25N5O/c1-10(2)15-17-11(3)9-13(18-15)20-7-5-19(6-8-20)12(4)14(16)21/h9-10,12H,5-8H2,1-4H3,(H2,16,21). The Balaban J connectivity index is 2.07. The minimum absolute atomic E-state index is 0.203. The molecule has 6 nitrogen and oxygen atoms in total. The van der Waals surface area contributed by atoms with E-state index in [1.165, 1.54) is 0 Å². The lowest BCUT2D eigenvalue weighted by molar-refractivity contribution is -0.122. The fourth-order valence-electron chi connectivity index (χ4n) is 2.51. The number of carbonyl (C=O) groups is 1. The van der Waals surface area contributed by atoms with Crippen molar-refractivity contribution < 1.29 is 4.79 Å². The predicted octanol–water partition coefficient (Wildman–Crippen LogP) is 0.904. The van der Waals surface area contributed by atoms with Crippen LogP contribution in [0.1, 0.15) is 38.2 Å². The van der Waals surface area contributed by atoms with E-state index in [-0.39, 0.29) is 11.9 Å². The second-order valence-corrected chi connectivity index (χ2v) is 5.98. The molecule has 1 unspecified atom stereocenters. The van der Waals surface area contributed by atoms with E-state index >= 15 is 0 Å². The molecule has 1 aromatic rings. The molecule has 0 spiro atoms. The van der Waals surface area contributed by atoms with Gasteiger partial charge in [0, 0.05) is 43.9 Å². The van der Waals surface area contributed by atoms with Crippen molar-refractivity contribution in [2.24, 2.45) is 5.73 Å². The van der Waals surface area contributed by atoms with Gasteiger partial charge in [0.2, 0.25) is 5.91 Å². The number of hydrogen-bond acceptors (Lipinski definition) is 5. The van der Waals surface area contributed by atoms with Crippen LogP contribution >= 0.6 is 0 Å². The van der Waals surface area contributed by atoms with Crippen LogP contribution in [0.15, 0.2) is 6.07 Å². The predicted molar refractivity (Wildman–Crippen MR) is 83.3 cm³/mol. The summed E-state index contributed by atoms with van der Waals surface area (Å²) in [6.07, 6.45) is 0. The van der Waals surface area contributed by atoms with E-state index in [1.54, 1.807) is 0 Å². The van der Waals surface area contributed by atoms with Crippen LogP contribution in [0.2, 0.25) is 0 Å². The lowest BCUT2D eigenvalue weighted by atomic mass is 10.2. The van der Waals surface area contributed by atoms with Crippen molar-refractivity contribution in [3.63, 3.8) is 0 Å². The van der Waals surface area contributed by atoms with Crippen LogP contribution in [0.5, 0.6) is 0 Å². The van der Waals surface area contributed by atoms with Gasteiger partial charge in [0.1, 0.15) is 11.6 Å². The summed E-state index contributed by atoms with van der Waals surface area (Å²) in [5, 5.41) is 0. The first kappa shape index (κ1) is 15.7. The fraction of sp³-hybridized carbons (Fsp3) is 0.667. The van der Waals surface area contributed by atoms with Crippen molar-refractivity contribution in [3.05, 3.63) is 17.6 Å². The summed E-state index contributed by atoms with van der Waals surface area (Å²) < 4.78 is 0. The summed E-state index contributed by atoms with van der Waals surface area (Å²) in [6, 6.07) is 1.82. The van der Waals surface area contributed by atoms with Crippen LogP contribution in [0.4, 0.5) is 5.82 Å². The molecule has 0 aromatic carbocycles. The number of aryl methyl sites for hydroxylation is 1. The molecule has 1 saturated heterocycles. The van der Waals surface area contributed by atoms with Crippen molar-refractivity contribution in [1.82, 2.24) is 14.9 Å². The number of aromatic nitrogens is 2. The zero-order valence-corrected chi connectivity index (χ0v) is 13.3. The van der Waals surface area contributed by atoms with E-state index < -0.39 is 0 Å². The molecule has 1 aromatic heterocycles. The molecule has 2 rings (SSSR count). The van der Waals surface area contributed by atoms with Gasteiger partial charge in [-0.2, -0.15) is 0 Å². The van der Waals surface area contributed by atoms with Gasteiger partial charge in [-0.3, -0.25) is 9.69 Å². The molecule has 0 radical (unpaired) electrons. The molecule has 0 aliphatic carbocycles. The van der Waals surface area contributed by atoms with Crippen LogP contribution in [-0.2, 0) is 4.79 Å². The summed E-state index contributed by atoms with van der Waals surface area (Å²) in [4.78, 5) is 24.8. The number of piperazine rings is 1. The summed E-state index contributed by atoms with van der Waals surface area (Å²) >= 11 is 0. The first-order chi connectivity index (χ1) is 9.88. The van der Waals surface area contributed by atoms with Gasteiger partial charge in [0.15, 0.2) is 0 Å². The van der Waals surface area contributed by atoms with E-state index in [2.05, 4.69) is 33.6 Å². The quantitative estimate of drug-likeness (QED) is 0.892. The molecule has 1 aliphatic rings. The van der Waals surface area contributed by atoms with Crippen LogP contribution in [0, 0.1) is 6.92 Å². The number of nitrogens with two attached hydrogens (primary N) is 1. The van der Waals surface area contributed by atoms with Crippen molar-refractivity contribution in [1.29, 1.82) is 0 Å². The minimum atomic E-state index is -0.261. The fourth-order valence-corrected chi connectivity index (χ4v) is 2.51. The maximum atomic E-state index is 11.3. The molecule has 2 N–H and O–H groups in total. The van der Waals surface area contributed by atoms with Crippen LogP contribution in [-0.4, -0.2) is 53.0 Å². The first-order valence-corrected chi connectivity index (χ1v) is 7.52. The summed E-state index contributed by atoms with van der Waals surface area (Å²) in [5.74, 6) is 1.93. The van der Waals surface area contributed by atoms with Gasteiger partial charge < -0.3 is 10.6 Å². The zero-order valence-electron chi connectivity index (χ0n) is 13.3. The smallest absolute Gasteiger partial charge is 0.234 e. The third-order valence-corrected chi connectivity index (χ3v) is 3.97. The Morgan fingerprint density at radius 3 is 2.33 bits per heavy atom. The number of amides is 1. The molecule has 1 fully saturated rings. The first-order valence-electron chi connectivity index (χ1n) is 7.52. The number of rotatable bonds is 4. The van der Waals surface area contributed by atoms with Crippen molar-refractivity contribution in [3.8, 4) is 0 Å². The summed E-state index contributed by atoms with van der Waals surface area (Å²) in [7, 11) is 0. The van der Waals surface area contributed by atoms with Gasteiger partial charge in [-0.25, -0.2) is 9.97 Å². The molecule has 1 atom stereocenters. The molecule has 21 heavy (non-hydrogen) atoms. The third kappa shape index (κ3) is 3.69. The van der Waals surface area contributed by atoms with Gasteiger partial charge >= 0.3 is 0 Å². The number of anilines is 1. The maximum absolute atomic E-state index is 11.3. The normalized spacial score (nSPS) is 18.0. The third-order valence-electron chi connectivity index (χ3n) is 3.97. The summed E-state index contributed by atoms with van der Waals surface area (Å²) in [6.45, 7) is 11.4. The van der Waals surface area contributed by atoms with E-state index in [4.69, 9.17) is 5.73 Å². The van der Waals surface area contributed by atoms with E-state index in [0.29, 0.717) is 5.92 Å². The van der Waals surface area contributed by atoms with E-state index in [1.807, 2.05) is 19.9 Å². The molecule has 1 amide bonds. The summed E-state index contributed by atoms with van der Waals surface area (Å²) in [5.41, 5.74) is 6.37. The van der Waals surface area contributed by atoms with Gasteiger partial charge in [0.05, 0.1) is 6.04 Å². The highest BCUT2D eigenvalue weighted by molar-refractivity contribution is 5.79. The monoisotopic (exact) mass is 291 g/mol. The van der Waals surface area contributed by atoms with Gasteiger partial charge in [0.25, 0.3) is 0 Å². The Labute approximate surface area is 126 Å². The van der Waals surface area contributed by atoms with Crippen LogP contribution in [0.3, 0.4) is 0 Å². The molecular formula is C15H25N5O. The number of carbonyl (C=O) groups excluding carboxylic acids is 1. The highest BCUT2D eigenvalue weighted by Crippen LogP contribution is 2.19. The second-order valence-electron chi connectivity index (χ2n) is 5.98. The van der Waals surface area contributed by atoms with Gasteiger partial charge in [-0.15, -0.1) is 0 Å².